The van der Waals surface area contributed by atoms with Crippen molar-refractivity contribution >= 4 is 27.3 Å². The third-order valence-corrected chi connectivity index (χ3v) is 7.54. The van der Waals surface area contributed by atoms with Crippen molar-refractivity contribution in [2.75, 3.05) is 10.9 Å². The van der Waals surface area contributed by atoms with Gasteiger partial charge in [0.05, 0.1) is 29.8 Å². The van der Waals surface area contributed by atoms with E-state index in [1.807, 2.05) is 0 Å². The van der Waals surface area contributed by atoms with Crippen LogP contribution in [0.5, 0.6) is 5.75 Å². The second-order valence-corrected chi connectivity index (χ2v) is 10.0. The second kappa shape index (κ2) is 11.0. The Morgan fingerprint density at radius 3 is 2.56 bits per heavy atom. The van der Waals surface area contributed by atoms with Crippen molar-refractivity contribution in [1.82, 2.24) is 20.2 Å². The lowest BCUT2D eigenvalue weighted by molar-refractivity contribution is 0.289. The van der Waals surface area contributed by atoms with Gasteiger partial charge in [-0.2, -0.15) is 4.80 Å². The van der Waals surface area contributed by atoms with E-state index in [1.54, 1.807) is 31.2 Å². The Balaban J connectivity index is 1.70. The zero-order chi connectivity index (χ0) is 25.7. The molecular weight excluding hydrogens is 512 g/mol. The van der Waals surface area contributed by atoms with Gasteiger partial charge in [0, 0.05) is 23.1 Å². The molecule has 4 aromatic rings. The normalized spacial score (nSPS) is 12.3. The number of nitrogens with zero attached hydrogens (tertiary/aromatic N) is 5. The van der Waals surface area contributed by atoms with Crippen LogP contribution in [0.3, 0.4) is 0 Å². The number of aromatic nitrogens is 4. The average Bonchev–Trinajstić information content (AvgIpc) is 3.38. The summed E-state index contributed by atoms with van der Waals surface area (Å²) in [4.78, 5) is 1.30. The van der Waals surface area contributed by atoms with Crippen LogP contribution in [0.15, 0.2) is 78.0 Å². The first-order chi connectivity index (χ1) is 17.3. The number of benzene rings is 3. The molecule has 1 atom stereocenters. The topological polar surface area (TPSA) is 90.2 Å². The Hall–Kier alpha value is -3.57. The molecule has 188 valence electrons. The minimum Gasteiger partial charge on any atom is -0.493 e. The number of para-hydroxylation sites is 1. The van der Waals surface area contributed by atoms with E-state index in [1.165, 1.54) is 35.4 Å². The van der Waals surface area contributed by atoms with E-state index in [9.17, 15) is 17.2 Å². The lowest BCUT2D eigenvalue weighted by Gasteiger charge is -2.32. The molecular formula is C24H22ClF2N5O3S. The monoisotopic (exact) mass is 533 g/mol. The molecule has 0 fully saturated rings. The van der Waals surface area contributed by atoms with Crippen molar-refractivity contribution in [3.05, 3.63) is 95.3 Å². The van der Waals surface area contributed by atoms with Gasteiger partial charge in [0.25, 0.3) is 10.0 Å². The molecule has 3 aromatic carbocycles. The maximum atomic E-state index is 14.9. The van der Waals surface area contributed by atoms with Gasteiger partial charge < -0.3 is 4.74 Å². The summed E-state index contributed by atoms with van der Waals surface area (Å²) in [6, 6.07) is 14.0. The zero-order valence-electron chi connectivity index (χ0n) is 19.1. The first-order valence-corrected chi connectivity index (χ1v) is 12.8. The van der Waals surface area contributed by atoms with Crippen molar-refractivity contribution in [3.63, 3.8) is 0 Å². The highest BCUT2D eigenvalue weighted by molar-refractivity contribution is 7.92. The number of tetrazole rings is 1. The number of hydrogen-bond donors (Lipinski definition) is 0. The molecule has 0 spiro atoms. The van der Waals surface area contributed by atoms with E-state index in [2.05, 4.69) is 15.4 Å². The lowest BCUT2D eigenvalue weighted by atomic mass is 10.1. The van der Waals surface area contributed by atoms with E-state index in [0.717, 1.165) is 22.5 Å². The molecule has 0 saturated heterocycles. The summed E-state index contributed by atoms with van der Waals surface area (Å²) >= 11 is 5.93. The van der Waals surface area contributed by atoms with E-state index < -0.39 is 33.4 Å². The van der Waals surface area contributed by atoms with Gasteiger partial charge in [-0.25, -0.2) is 17.2 Å². The lowest BCUT2D eigenvalue weighted by Crippen LogP contribution is -2.34. The number of sulfonamides is 1. The fraction of sp³-hybridized carbons (Fsp3) is 0.208. The summed E-state index contributed by atoms with van der Waals surface area (Å²) in [5.74, 6) is -1.26. The first kappa shape index (κ1) is 25.5. The van der Waals surface area contributed by atoms with Gasteiger partial charge in [-0.15, -0.1) is 10.2 Å². The molecule has 1 heterocycles. The number of ether oxygens (including phenoxy) is 1. The molecule has 0 amide bonds. The van der Waals surface area contributed by atoms with Crippen molar-refractivity contribution in [2.45, 2.75) is 30.8 Å². The molecule has 0 radical (unpaired) electrons. The molecule has 0 aliphatic carbocycles. The average molecular weight is 534 g/mol. The van der Waals surface area contributed by atoms with Gasteiger partial charge in [0.1, 0.15) is 17.4 Å². The SMILES string of the molecule is CC(c1ccccc1OCCCn1ncnn1)N(c1cc(F)ccc1F)S(=O)(=O)c1ccc(Cl)cc1. The maximum absolute atomic E-state index is 14.9. The predicted molar refractivity (Wildman–Crippen MR) is 130 cm³/mol. The molecule has 1 aromatic heterocycles. The third kappa shape index (κ3) is 5.63. The van der Waals surface area contributed by atoms with Gasteiger partial charge in [0.2, 0.25) is 0 Å². The molecule has 0 saturated carbocycles. The van der Waals surface area contributed by atoms with E-state index in [-0.39, 0.29) is 11.5 Å². The first-order valence-electron chi connectivity index (χ1n) is 10.9. The third-order valence-electron chi connectivity index (χ3n) is 5.39. The highest BCUT2D eigenvalue weighted by Gasteiger charge is 2.34. The van der Waals surface area contributed by atoms with Crippen LogP contribution in [-0.4, -0.2) is 35.2 Å². The van der Waals surface area contributed by atoms with Crippen LogP contribution in [0.2, 0.25) is 5.02 Å². The fourth-order valence-corrected chi connectivity index (χ4v) is 5.45. The van der Waals surface area contributed by atoms with Crippen LogP contribution in [0.4, 0.5) is 14.5 Å². The minimum absolute atomic E-state index is 0.124. The maximum Gasteiger partial charge on any atom is 0.264 e. The molecule has 0 bridgehead atoms. The Morgan fingerprint density at radius 1 is 1.08 bits per heavy atom. The van der Waals surface area contributed by atoms with Gasteiger partial charge in [0.15, 0.2) is 6.33 Å². The van der Waals surface area contributed by atoms with Crippen LogP contribution >= 0.6 is 11.6 Å². The van der Waals surface area contributed by atoms with Gasteiger partial charge >= 0.3 is 0 Å². The van der Waals surface area contributed by atoms with Crippen LogP contribution in [-0.2, 0) is 16.6 Å². The summed E-state index contributed by atoms with van der Waals surface area (Å²) < 4.78 is 63.4. The number of halogens is 3. The minimum atomic E-state index is -4.34. The highest BCUT2D eigenvalue weighted by atomic mass is 35.5. The molecule has 0 aliphatic rings. The summed E-state index contributed by atoms with van der Waals surface area (Å²) in [6.45, 7) is 2.34. The van der Waals surface area contributed by atoms with Crippen molar-refractivity contribution < 1.29 is 21.9 Å². The largest absolute Gasteiger partial charge is 0.493 e. The Bertz CT molecular complexity index is 1420. The summed E-state index contributed by atoms with van der Waals surface area (Å²) in [5, 5.41) is 11.7. The zero-order valence-corrected chi connectivity index (χ0v) is 20.7. The summed E-state index contributed by atoms with van der Waals surface area (Å²) in [5.41, 5.74) is 0.0436. The molecule has 0 aliphatic heterocycles. The van der Waals surface area contributed by atoms with Gasteiger partial charge in [-0.3, -0.25) is 4.31 Å². The van der Waals surface area contributed by atoms with Crippen molar-refractivity contribution in [1.29, 1.82) is 0 Å². The van der Waals surface area contributed by atoms with Crippen LogP contribution in [0, 0.1) is 11.6 Å². The summed E-state index contributed by atoms with van der Waals surface area (Å²) in [6.07, 6.45) is 1.89. The fourth-order valence-electron chi connectivity index (χ4n) is 3.68. The smallest absolute Gasteiger partial charge is 0.264 e. The van der Waals surface area contributed by atoms with E-state index in [0.29, 0.717) is 29.3 Å². The highest BCUT2D eigenvalue weighted by Crippen LogP contribution is 2.38. The number of aryl methyl sites for hydroxylation is 1. The van der Waals surface area contributed by atoms with Gasteiger partial charge in [-0.05, 0) is 54.6 Å². The van der Waals surface area contributed by atoms with E-state index >= 15 is 0 Å². The predicted octanol–water partition coefficient (Wildman–Crippen LogP) is 5.03. The second-order valence-electron chi connectivity index (χ2n) is 7.80. The molecule has 12 heteroatoms. The standard InChI is InChI=1S/C24H22ClF2N5O3S/c1-17(21-5-2-3-6-24(21)35-14-4-13-31-29-16-28-30-31)32(23-15-19(26)9-12-22(23)27)36(33,34)20-10-7-18(25)8-11-20/h2-3,5-12,15-17H,4,13-14H2,1H3. The van der Waals surface area contributed by atoms with Crippen molar-refractivity contribution in [2.24, 2.45) is 0 Å². The number of hydrogen-bond acceptors (Lipinski definition) is 6. The Kier molecular flexibility index (Phi) is 7.80. The van der Waals surface area contributed by atoms with Crippen LogP contribution in [0.1, 0.15) is 24.9 Å². The quantitative estimate of drug-likeness (QED) is 0.266. The van der Waals surface area contributed by atoms with Crippen molar-refractivity contribution in [3.8, 4) is 5.75 Å². The van der Waals surface area contributed by atoms with Crippen LogP contribution in [0.25, 0.3) is 0 Å². The van der Waals surface area contributed by atoms with Crippen LogP contribution < -0.4 is 9.04 Å². The van der Waals surface area contributed by atoms with Gasteiger partial charge in [-0.1, -0.05) is 29.8 Å². The molecule has 0 N–H and O–H groups in total. The number of anilines is 1. The molecule has 1 unspecified atom stereocenters. The number of rotatable bonds is 10. The Morgan fingerprint density at radius 2 is 1.83 bits per heavy atom. The molecule has 36 heavy (non-hydrogen) atoms. The molecule has 8 nitrogen and oxygen atoms in total. The Labute approximate surface area is 212 Å². The summed E-state index contributed by atoms with van der Waals surface area (Å²) in [7, 11) is -4.34. The van der Waals surface area contributed by atoms with E-state index in [4.69, 9.17) is 16.3 Å². The molecule has 4 rings (SSSR count).